The SMILES string of the molecule is NCc1nc(C(=O)OCc2ccccc2)cs1. The fourth-order valence-electron chi connectivity index (χ4n) is 1.30. The van der Waals surface area contributed by atoms with Gasteiger partial charge >= 0.3 is 5.97 Å². The van der Waals surface area contributed by atoms with Crippen molar-refractivity contribution in [3.05, 3.63) is 52.0 Å². The van der Waals surface area contributed by atoms with E-state index in [9.17, 15) is 4.79 Å². The third-order valence-electron chi connectivity index (χ3n) is 2.15. The first-order valence-electron chi connectivity index (χ1n) is 5.15. The summed E-state index contributed by atoms with van der Waals surface area (Å²) in [6.45, 7) is 0.603. The fraction of sp³-hybridized carbons (Fsp3) is 0.167. The van der Waals surface area contributed by atoms with Crippen LogP contribution in [0.25, 0.3) is 0 Å². The molecule has 0 atom stereocenters. The van der Waals surface area contributed by atoms with E-state index in [-0.39, 0.29) is 6.61 Å². The monoisotopic (exact) mass is 248 g/mol. The normalized spacial score (nSPS) is 10.2. The van der Waals surface area contributed by atoms with Crippen LogP contribution in [0, 0.1) is 0 Å². The van der Waals surface area contributed by atoms with E-state index in [4.69, 9.17) is 10.5 Å². The first kappa shape index (κ1) is 11.8. The summed E-state index contributed by atoms with van der Waals surface area (Å²) < 4.78 is 5.14. The summed E-state index contributed by atoms with van der Waals surface area (Å²) in [5.41, 5.74) is 6.70. The van der Waals surface area contributed by atoms with Crippen LogP contribution in [0.2, 0.25) is 0 Å². The number of nitrogens with two attached hydrogens (primary N) is 1. The van der Waals surface area contributed by atoms with Crippen LogP contribution in [0.4, 0.5) is 0 Å². The minimum atomic E-state index is -0.412. The highest BCUT2D eigenvalue weighted by atomic mass is 32.1. The fourth-order valence-corrected chi connectivity index (χ4v) is 1.94. The Hall–Kier alpha value is -1.72. The van der Waals surface area contributed by atoms with Gasteiger partial charge < -0.3 is 10.5 Å². The van der Waals surface area contributed by atoms with Gasteiger partial charge in [-0.2, -0.15) is 0 Å². The van der Waals surface area contributed by atoms with Gasteiger partial charge in [-0.25, -0.2) is 9.78 Å². The van der Waals surface area contributed by atoms with Crippen LogP contribution < -0.4 is 5.73 Å². The number of thiazole rings is 1. The van der Waals surface area contributed by atoms with Crippen molar-refractivity contribution in [3.8, 4) is 0 Å². The second-order valence-corrected chi connectivity index (χ2v) is 4.33. The summed E-state index contributed by atoms with van der Waals surface area (Å²) in [5, 5.41) is 2.40. The van der Waals surface area contributed by atoms with Gasteiger partial charge in [0.1, 0.15) is 11.6 Å². The lowest BCUT2D eigenvalue weighted by Gasteiger charge is -2.02. The molecule has 1 heterocycles. The number of esters is 1. The van der Waals surface area contributed by atoms with Crippen molar-refractivity contribution in [3.63, 3.8) is 0 Å². The predicted octanol–water partition coefficient (Wildman–Crippen LogP) is 1.96. The molecule has 4 nitrogen and oxygen atoms in total. The molecule has 0 saturated heterocycles. The Kier molecular flexibility index (Phi) is 3.85. The van der Waals surface area contributed by atoms with Gasteiger partial charge in [0.2, 0.25) is 0 Å². The Morgan fingerprint density at radius 3 is 2.76 bits per heavy atom. The van der Waals surface area contributed by atoms with E-state index in [1.54, 1.807) is 5.38 Å². The summed E-state index contributed by atoms with van der Waals surface area (Å²) in [4.78, 5) is 15.7. The number of nitrogens with zero attached hydrogens (tertiary/aromatic N) is 1. The third-order valence-corrected chi connectivity index (χ3v) is 3.02. The summed E-state index contributed by atoms with van der Waals surface area (Å²) in [6.07, 6.45) is 0. The Bertz CT molecular complexity index is 496. The van der Waals surface area contributed by atoms with E-state index in [0.717, 1.165) is 10.6 Å². The van der Waals surface area contributed by atoms with Crippen molar-refractivity contribution in [2.24, 2.45) is 5.73 Å². The molecular weight excluding hydrogens is 236 g/mol. The van der Waals surface area contributed by atoms with Crippen LogP contribution in [-0.4, -0.2) is 11.0 Å². The van der Waals surface area contributed by atoms with Crippen molar-refractivity contribution in [2.75, 3.05) is 0 Å². The molecule has 2 rings (SSSR count). The van der Waals surface area contributed by atoms with Gasteiger partial charge in [-0.15, -0.1) is 11.3 Å². The molecule has 88 valence electrons. The van der Waals surface area contributed by atoms with Gasteiger partial charge in [-0.3, -0.25) is 0 Å². The molecule has 5 heteroatoms. The van der Waals surface area contributed by atoms with Gasteiger partial charge in [0.25, 0.3) is 0 Å². The van der Waals surface area contributed by atoms with Gasteiger partial charge in [0.15, 0.2) is 5.69 Å². The third kappa shape index (κ3) is 3.12. The molecule has 0 bridgehead atoms. The Morgan fingerprint density at radius 1 is 1.35 bits per heavy atom. The zero-order valence-electron chi connectivity index (χ0n) is 9.13. The molecule has 0 aliphatic heterocycles. The largest absolute Gasteiger partial charge is 0.456 e. The molecule has 0 radical (unpaired) electrons. The van der Waals surface area contributed by atoms with Gasteiger partial charge in [0.05, 0.1) is 0 Å². The zero-order chi connectivity index (χ0) is 12.1. The standard InChI is InChI=1S/C12H12N2O2S/c13-6-11-14-10(8-17-11)12(15)16-7-9-4-2-1-3-5-9/h1-5,8H,6-7,13H2. The van der Waals surface area contributed by atoms with Crippen LogP contribution in [0.3, 0.4) is 0 Å². The number of aromatic nitrogens is 1. The summed E-state index contributed by atoms with van der Waals surface area (Å²) in [5.74, 6) is -0.412. The quantitative estimate of drug-likeness (QED) is 0.840. The van der Waals surface area contributed by atoms with E-state index < -0.39 is 5.97 Å². The van der Waals surface area contributed by atoms with Crippen molar-refractivity contribution in [1.29, 1.82) is 0 Å². The molecule has 2 aromatic rings. The summed E-state index contributed by atoms with van der Waals surface area (Å²) in [6, 6.07) is 9.52. The van der Waals surface area contributed by atoms with Crippen LogP contribution in [0.15, 0.2) is 35.7 Å². The molecule has 0 saturated carbocycles. The summed E-state index contributed by atoms with van der Waals surface area (Å²) >= 11 is 1.36. The minimum Gasteiger partial charge on any atom is -0.456 e. The maximum atomic E-state index is 11.6. The molecule has 2 N–H and O–H groups in total. The highest BCUT2D eigenvalue weighted by Gasteiger charge is 2.11. The minimum absolute atomic E-state index is 0.259. The van der Waals surface area contributed by atoms with E-state index in [1.165, 1.54) is 11.3 Å². The molecule has 1 aromatic heterocycles. The van der Waals surface area contributed by atoms with Crippen molar-refractivity contribution >= 4 is 17.3 Å². The summed E-state index contributed by atoms with van der Waals surface area (Å²) in [7, 11) is 0. The average Bonchev–Trinajstić information content (AvgIpc) is 2.86. The first-order valence-corrected chi connectivity index (χ1v) is 6.03. The lowest BCUT2D eigenvalue weighted by molar-refractivity contribution is 0.0466. The van der Waals surface area contributed by atoms with Crippen LogP contribution >= 0.6 is 11.3 Å². The average molecular weight is 248 g/mol. The van der Waals surface area contributed by atoms with E-state index in [1.807, 2.05) is 30.3 Å². The maximum Gasteiger partial charge on any atom is 0.358 e. The Labute approximate surface area is 103 Å². The van der Waals surface area contributed by atoms with Gasteiger partial charge in [-0.1, -0.05) is 30.3 Å². The Morgan fingerprint density at radius 2 is 2.12 bits per heavy atom. The smallest absolute Gasteiger partial charge is 0.358 e. The van der Waals surface area contributed by atoms with Gasteiger partial charge in [-0.05, 0) is 5.56 Å². The number of carbonyl (C=O) groups is 1. The number of ether oxygens (including phenoxy) is 1. The Balaban J connectivity index is 1.93. The number of hydrogen-bond donors (Lipinski definition) is 1. The number of rotatable bonds is 4. The van der Waals surface area contributed by atoms with Crippen molar-refractivity contribution < 1.29 is 9.53 Å². The van der Waals surface area contributed by atoms with E-state index >= 15 is 0 Å². The molecule has 0 aliphatic carbocycles. The molecule has 17 heavy (non-hydrogen) atoms. The van der Waals surface area contributed by atoms with Crippen LogP contribution in [0.5, 0.6) is 0 Å². The molecule has 1 aromatic carbocycles. The highest BCUT2D eigenvalue weighted by Crippen LogP contribution is 2.11. The number of hydrogen-bond acceptors (Lipinski definition) is 5. The van der Waals surface area contributed by atoms with E-state index in [2.05, 4.69) is 4.98 Å². The zero-order valence-corrected chi connectivity index (χ0v) is 9.94. The van der Waals surface area contributed by atoms with Gasteiger partial charge in [0, 0.05) is 11.9 Å². The lowest BCUT2D eigenvalue weighted by atomic mass is 10.2. The second-order valence-electron chi connectivity index (χ2n) is 3.39. The van der Waals surface area contributed by atoms with Crippen molar-refractivity contribution in [1.82, 2.24) is 4.98 Å². The maximum absolute atomic E-state index is 11.6. The van der Waals surface area contributed by atoms with Crippen molar-refractivity contribution in [2.45, 2.75) is 13.2 Å². The molecule has 0 spiro atoms. The molecule has 0 aliphatic rings. The molecule has 0 fully saturated rings. The lowest BCUT2D eigenvalue weighted by Crippen LogP contribution is -2.06. The number of benzene rings is 1. The number of carbonyl (C=O) groups excluding carboxylic acids is 1. The first-order chi connectivity index (χ1) is 8.29. The predicted molar refractivity (Wildman–Crippen MR) is 65.6 cm³/mol. The molecule has 0 amide bonds. The molecular formula is C12H12N2O2S. The topological polar surface area (TPSA) is 65.2 Å². The molecule has 0 unspecified atom stereocenters. The van der Waals surface area contributed by atoms with Crippen LogP contribution in [-0.2, 0) is 17.9 Å². The second kappa shape index (κ2) is 5.56. The highest BCUT2D eigenvalue weighted by molar-refractivity contribution is 7.09. The van der Waals surface area contributed by atoms with Crippen LogP contribution in [0.1, 0.15) is 21.1 Å². The van der Waals surface area contributed by atoms with E-state index in [0.29, 0.717) is 12.2 Å².